The normalized spacial score (nSPS) is 19.6. The van der Waals surface area contributed by atoms with Gasteiger partial charge in [0, 0.05) is 56.9 Å². The van der Waals surface area contributed by atoms with Gasteiger partial charge in [-0.25, -0.2) is 0 Å². The van der Waals surface area contributed by atoms with Crippen molar-refractivity contribution in [2.45, 2.75) is 25.9 Å². The van der Waals surface area contributed by atoms with Gasteiger partial charge in [0.1, 0.15) is 6.07 Å². The van der Waals surface area contributed by atoms with Crippen molar-refractivity contribution in [3.8, 4) is 6.07 Å². The van der Waals surface area contributed by atoms with Crippen molar-refractivity contribution >= 4 is 0 Å². The van der Waals surface area contributed by atoms with Crippen LogP contribution in [0.1, 0.15) is 23.4 Å². The van der Waals surface area contributed by atoms with Gasteiger partial charge in [0.15, 0.2) is 5.69 Å². The standard InChI is InChI=1S/C14H21N5O/c15-10-13-12-11-16-3-2-14(12)19(17-13)5-1-4-18-6-8-20-9-7-18/h16H,1-9,11H2. The van der Waals surface area contributed by atoms with E-state index in [0.29, 0.717) is 5.69 Å². The van der Waals surface area contributed by atoms with Crippen LogP contribution < -0.4 is 5.32 Å². The molecule has 0 aliphatic carbocycles. The first-order valence-electron chi connectivity index (χ1n) is 7.38. The molecule has 2 aliphatic rings. The molecule has 0 amide bonds. The van der Waals surface area contributed by atoms with E-state index in [0.717, 1.165) is 70.9 Å². The van der Waals surface area contributed by atoms with Gasteiger partial charge in [-0.05, 0) is 6.42 Å². The van der Waals surface area contributed by atoms with Crippen molar-refractivity contribution in [1.29, 1.82) is 5.26 Å². The summed E-state index contributed by atoms with van der Waals surface area (Å²) in [4.78, 5) is 2.44. The van der Waals surface area contributed by atoms with Gasteiger partial charge in [0.25, 0.3) is 0 Å². The molecule has 0 aromatic carbocycles. The Kier molecular flexibility index (Phi) is 4.31. The van der Waals surface area contributed by atoms with Gasteiger partial charge in [-0.3, -0.25) is 9.58 Å². The maximum absolute atomic E-state index is 9.16. The maximum atomic E-state index is 9.16. The summed E-state index contributed by atoms with van der Waals surface area (Å²) < 4.78 is 7.41. The number of morpholine rings is 1. The number of fused-ring (bicyclic) bond motifs is 1. The third-order valence-electron chi connectivity index (χ3n) is 4.06. The molecule has 6 nitrogen and oxygen atoms in total. The molecule has 1 fully saturated rings. The number of hydrogen-bond acceptors (Lipinski definition) is 5. The Balaban J connectivity index is 1.60. The quantitative estimate of drug-likeness (QED) is 0.845. The number of aryl methyl sites for hydroxylation is 1. The Hall–Kier alpha value is -1.42. The second-order valence-electron chi connectivity index (χ2n) is 5.34. The molecule has 0 radical (unpaired) electrons. The summed E-state index contributed by atoms with van der Waals surface area (Å²) in [5.41, 5.74) is 2.95. The van der Waals surface area contributed by atoms with Gasteiger partial charge in [-0.2, -0.15) is 10.4 Å². The molecule has 0 unspecified atom stereocenters. The minimum atomic E-state index is 0.596. The average Bonchev–Trinajstić information content (AvgIpc) is 2.87. The summed E-state index contributed by atoms with van der Waals surface area (Å²) in [6.07, 6.45) is 2.05. The molecule has 0 bridgehead atoms. The Labute approximate surface area is 119 Å². The molecule has 3 rings (SSSR count). The average molecular weight is 275 g/mol. The molecule has 2 aliphatic heterocycles. The lowest BCUT2D eigenvalue weighted by Gasteiger charge is -2.26. The van der Waals surface area contributed by atoms with Crippen LogP contribution >= 0.6 is 0 Å². The lowest BCUT2D eigenvalue weighted by atomic mass is 10.1. The smallest absolute Gasteiger partial charge is 0.167 e. The van der Waals surface area contributed by atoms with Gasteiger partial charge < -0.3 is 10.1 Å². The summed E-state index contributed by atoms with van der Waals surface area (Å²) in [6, 6.07) is 2.22. The van der Waals surface area contributed by atoms with Crippen molar-refractivity contribution in [1.82, 2.24) is 20.0 Å². The topological polar surface area (TPSA) is 66.1 Å². The van der Waals surface area contributed by atoms with E-state index >= 15 is 0 Å². The van der Waals surface area contributed by atoms with Crippen molar-refractivity contribution in [3.05, 3.63) is 17.0 Å². The number of nitrogens with zero attached hydrogens (tertiary/aromatic N) is 4. The summed E-state index contributed by atoms with van der Waals surface area (Å²) in [6.45, 7) is 7.51. The SMILES string of the molecule is N#Cc1nn(CCCN2CCOCC2)c2c1CNCC2. The molecule has 0 saturated carbocycles. The molecule has 1 aromatic rings. The number of nitriles is 1. The van der Waals surface area contributed by atoms with E-state index in [-0.39, 0.29) is 0 Å². The Morgan fingerprint density at radius 1 is 1.30 bits per heavy atom. The van der Waals surface area contributed by atoms with E-state index in [1.807, 2.05) is 0 Å². The van der Waals surface area contributed by atoms with Crippen molar-refractivity contribution in [2.75, 3.05) is 39.4 Å². The highest BCUT2D eigenvalue weighted by molar-refractivity contribution is 5.36. The van der Waals surface area contributed by atoms with Gasteiger partial charge in [0.05, 0.1) is 13.2 Å². The highest BCUT2D eigenvalue weighted by atomic mass is 16.5. The number of hydrogen-bond donors (Lipinski definition) is 1. The predicted octanol–water partition coefficient (Wildman–Crippen LogP) is 0.123. The summed E-state index contributed by atoms with van der Waals surface area (Å²) in [5.74, 6) is 0. The second-order valence-corrected chi connectivity index (χ2v) is 5.34. The zero-order chi connectivity index (χ0) is 13.8. The molecular weight excluding hydrogens is 254 g/mol. The molecule has 108 valence electrons. The van der Waals surface area contributed by atoms with Crippen LogP contribution in [0, 0.1) is 11.3 Å². The van der Waals surface area contributed by atoms with Crippen LogP contribution in [0.2, 0.25) is 0 Å². The minimum absolute atomic E-state index is 0.596. The molecule has 20 heavy (non-hydrogen) atoms. The van der Waals surface area contributed by atoms with Crippen LogP contribution in [-0.4, -0.2) is 54.1 Å². The molecule has 3 heterocycles. The Bertz CT molecular complexity index is 498. The molecule has 6 heteroatoms. The predicted molar refractivity (Wildman–Crippen MR) is 74.2 cm³/mol. The first-order chi connectivity index (χ1) is 9.88. The molecule has 1 N–H and O–H groups in total. The Morgan fingerprint density at radius 2 is 2.15 bits per heavy atom. The fourth-order valence-corrected chi connectivity index (χ4v) is 2.96. The first-order valence-corrected chi connectivity index (χ1v) is 7.38. The van der Waals surface area contributed by atoms with Crippen LogP contribution in [0.4, 0.5) is 0 Å². The van der Waals surface area contributed by atoms with E-state index in [2.05, 4.69) is 26.1 Å². The van der Waals surface area contributed by atoms with Crippen LogP contribution in [-0.2, 0) is 24.2 Å². The minimum Gasteiger partial charge on any atom is -0.379 e. The fourth-order valence-electron chi connectivity index (χ4n) is 2.96. The second kappa shape index (κ2) is 6.35. The largest absolute Gasteiger partial charge is 0.379 e. The molecular formula is C14H21N5O. The number of nitrogens with one attached hydrogen (secondary N) is 1. The van der Waals surface area contributed by atoms with Crippen molar-refractivity contribution in [2.24, 2.45) is 0 Å². The summed E-state index contributed by atoms with van der Waals surface area (Å²) in [7, 11) is 0. The van der Waals surface area contributed by atoms with Gasteiger partial charge in [-0.1, -0.05) is 0 Å². The van der Waals surface area contributed by atoms with E-state index in [9.17, 15) is 0 Å². The van der Waals surface area contributed by atoms with Crippen LogP contribution in [0.5, 0.6) is 0 Å². The summed E-state index contributed by atoms with van der Waals surface area (Å²) >= 11 is 0. The first kappa shape index (κ1) is 13.6. The monoisotopic (exact) mass is 275 g/mol. The lowest BCUT2D eigenvalue weighted by molar-refractivity contribution is 0.0368. The highest BCUT2D eigenvalue weighted by Crippen LogP contribution is 2.18. The number of ether oxygens (including phenoxy) is 1. The lowest BCUT2D eigenvalue weighted by Crippen LogP contribution is -2.37. The van der Waals surface area contributed by atoms with Crippen LogP contribution in [0.25, 0.3) is 0 Å². The highest BCUT2D eigenvalue weighted by Gasteiger charge is 2.20. The van der Waals surface area contributed by atoms with Gasteiger partial charge in [0.2, 0.25) is 0 Å². The van der Waals surface area contributed by atoms with Crippen LogP contribution in [0.15, 0.2) is 0 Å². The number of rotatable bonds is 4. The third-order valence-corrected chi connectivity index (χ3v) is 4.06. The molecule has 0 atom stereocenters. The summed E-state index contributed by atoms with van der Waals surface area (Å²) in [5, 5.41) is 16.9. The van der Waals surface area contributed by atoms with Crippen molar-refractivity contribution in [3.63, 3.8) is 0 Å². The fraction of sp³-hybridized carbons (Fsp3) is 0.714. The van der Waals surface area contributed by atoms with E-state index in [4.69, 9.17) is 10.00 Å². The molecule has 1 saturated heterocycles. The van der Waals surface area contributed by atoms with E-state index in [1.165, 1.54) is 5.69 Å². The zero-order valence-corrected chi connectivity index (χ0v) is 11.8. The van der Waals surface area contributed by atoms with E-state index < -0.39 is 0 Å². The zero-order valence-electron chi connectivity index (χ0n) is 11.8. The van der Waals surface area contributed by atoms with Gasteiger partial charge >= 0.3 is 0 Å². The van der Waals surface area contributed by atoms with E-state index in [1.54, 1.807) is 0 Å². The maximum Gasteiger partial charge on any atom is 0.167 e. The van der Waals surface area contributed by atoms with Gasteiger partial charge in [-0.15, -0.1) is 0 Å². The van der Waals surface area contributed by atoms with Crippen molar-refractivity contribution < 1.29 is 4.74 Å². The van der Waals surface area contributed by atoms with Crippen LogP contribution in [0.3, 0.4) is 0 Å². The molecule has 1 aromatic heterocycles. The number of aromatic nitrogens is 2. The third kappa shape index (κ3) is 2.85. The Morgan fingerprint density at radius 3 is 2.95 bits per heavy atom. The molecule has 0 spiro atoms.